The van der Waals surface area contributed by atoms with Crippen LogP contribution in [0.2, 0.25) is 0 Å². The Hall–Kier alpha value is -2.14. The molecule has 2 aliphatic heterocycles. The predicted molar refractivity (Wildman–Crippen MR) is 79.6 cm³/mol. The summed E-state index contributed by atoms with van der Waals surface area (Å²) in [6.45, 7) is 2.58. The molecule has 1 fully saturated rings. The number of carbonyl (C=O) groups excluding carboxylic acids is 2. The van der Waals surface area contributed by atoms with Crippen molar-refractivity contribution in [2.24, 2.45) is 11.8 Å². The molecule has 3 atom stereocenters. The summed E-state index contributed by atoms with van der Waals surface area (Å²) >= 11 is 0. The predicted octanol–water partition coefficient (Wildman–Crippen LogP) is 2.47. The molecule has 22 heavy (non-hydrogen) atoms. The highest BCUT2D eigenvalue weighted by molar-refractivity contribution is 6.06. The topological polar surface area (TPSA) is 57.5 Å². The minimum atomic E-state index is -0.778. The third-order valence-corrected chi connectivity index (χ3v) is 4.95. The van der Waals surface area contributed by atoms with E-state index >= 15 is 0 Å². The molecule has 0 saturated carbocycles. The number of nitrogens with zero attached hydrogens (tertiary/aromatic N) is 1. The normalized spacial score (nSPS) is 26.8. The SMILES string of the molecule is COC(=O)[C@@H]1C(=O)n2c(c(C)c3ccccc32)[C@H]2OCC[C@@H]12. The van der Waals surface area contributed by atoms with Crippen molar-refractivity contribution in [1.82, 2.24) is 4.57 Å². The smallest absolute Gasteiger partial charge is 0.318 e. The molecule has 1 saturated heterocycles. The van der Waals surface area contributed by atoms with Gasteiger partial charge in [0.1, 0.15) is 12.0 Å². The number of aryl methyl sites for hydroxylation is 1. The molecule has 5 nitrogen and oxygen atoms in total. The van der Waals surface area contributed by atoms with Gasteiger partial charge >= 0.3 is 5.97 Å². The second-order valence-electron chi connectivity index (χ2n) is 5.95. The first-order chi connectivity index (χ1) is 10.6. The molecule has 0 bridgehead atoms. The van der Waals surface area contributed by atoms with Gasteiger partial charge in [-0.25, -0.2) is 0 Å². The van der Waals surface area contributed by atoms with E-state index in [0.717, 1.165) is 22.2 Å². The van der Waals surface area contributed by atoms with Crippen LogP contribution in [0.1, 0.15) is 28.6 Å². The standard InChI is InChI=1S/C17H17NO4/c1-9-10-5-3-4-6-12(10)18-14(9)15-11(7-8-22-15)13(16(18)19)17(20)21-2/h3-6,11,13,15H,7-8H2,1-2H3/t11-,13-,15-/m0/s1. The van der Waals surface area contributed by atoms with Crippen LogP contribution in [0.3, 0.4) is 0 Å². The molecular formula is C17H17NO4. The fourth-order valence-corrected chi connectivity index (χ4v) is 3.95. The Bertz CT molecular complexity index is 791. The molecule has 0 unspecified atom stereocenters. The van der Waals surface area contributed by atoms with Crippen molar-refractivity contribution in [3.05, 3.63) is 35.5 Å². The summed E-state index contributed by atoms with van der Waals surface area (Å²) in [7, 11) is 1.33. The maximum Gasteiger partial charge on any atom is 0.318 e. The van der Waals surface area contributed by atoms with Crippen LogP contribution < -0.4 is 0 Å². The van der Waals surface area contributed by atoms with Crippen LogP contribution >= 0.6 is 0 Å². The summed E-state index contributed by atoms with van der Waals surface area (Å²) in [5.74, 6) is -1.57. The van der Waals surface area contributed by atoms with Crippen molar-refractivity contribution in [2.75, 3.05) is 13.7 Å². The van der Waals surface area contributed by atoms with Gasteiger partial charge in [0.25, 0.3) is 0 Å². The Labute approximate surface area is 127 Å². The van der Waals surface area contributed by atoms with Crippen molar-refractivity contribution < 1.29 is 19.1 Å². The molecule has 2 aliphatic rings. The molecule has 114 valence electrons. The van der Waals surface area contributed by atoms with E-state index in [0.29, 0.717) is 13.0 Å². The number of fused-ring (bicyclic) bond motifs is 5. The molecule has 1 aromatic carbocycles. The molecule has 3 heterocycles. The van der Waals surface area contributed by atoms with Crippen molar-refractivity contribution in [2.45, 2.75) is 19.4 Å². The van der Waals surface area contributed by atoms with Gasteiger partial charge in [0, 0.05) is 17.9 Å². The van der Waals surface area contributed by atoms with Crippen molar-refractivity contribution >= 4 is 22.8 Å². The monoisotopic (exact) mass is 299 g/mol. The fourth-order valence-electron chi connectivity index (χ4n) is 3.95. The van der Waals surface area contributed by atoms with Gasteiger partial charge in [-0.15, -0.1) is 0 Å². The van der Waals surface area contributed by atoms with Crippen LogP contribution in [0.25, 0.3) is 10.9 Å². The average Bonchev–Trinajstić information content (AvgIpc) is 3.11. The average molecular weight is 299 g/mol. The van der Waals surface area contributed by atoms with Gasteiger partial charge in [0.15, 0.2) is 0 Å². The number of rotatable bonds is 1. The summed E-state index contributed by atoms with van der Waals surface area (Å²) in [4.78, 5) is 25.2. The summed E-state index contributed by atoms with van der Waals surface area (Å²) in [5, 5.41) is 1.03. The number of hydrogen-bond acceptors (Lipinski definition) is 4. The number of para-hydroxylation sites is 1. The van der Waals surface area contributed by atoms with E-state index < -0.39 is 11.9 Å². The van der Waals surface area contributed by atoms with E-state index in [4.69, 9.17) is 9.47 Å². The van der Waals surface area contributed by atoms with E-state index in [9.17, 15) is 9.59 Å². The number of benzene rings is 1. The van der Waals surface area contributed by atoms with Crippen LogP contribution in [-0.4, -0.2) is 30.2 Å². The number of hydrogen-bond donors (Lipinski definition) is 0. The van der Waals surface area contributed by atoms with Gasteiger partial charge < -0.3 is 9.47 Å². The molecule has 0 amide bonds. The molecular weight excluding hydrogens is 282 g/mol. The number of ether oxygens (including phenoxy) is 2. The Balaban J connectivity index is 2.01. The van der Waals surface area contributed by atoms with Gasteiger partial charge in [-0.1, -0.05) is 18.2 Å². The molecule has 0 spiro atoms. The van der Waals surface area contributed by atoms with Gasteiger partial charge in [0.05, 0.1) is 18.3 Å². The van der Waals surface area contributed by atoms with Gasteiger partial charge in [-0.05, 0) is 25.0 Å². The number of methoxy groups -OCH3 is 1. The Morgan fingerprint density at radius 3 is 2.91 bits per heavy atom. The van der Waals surface area contributed by atoms with Crippen LogP contribution in [0.15, 0.2) is 24.3 Å². The van der Waals surface area contributed by atoms with Crippen LogP contribution in [0, 0.1) is 18.8 Å². The zero-order chi connectivity index (χ0) is 15.4. The minimum absolute atomic E-state index is 0.129. The van der Waals surface area contributed by atoms with Gasteiger partial charge in [-0.3, -0.25) is 14.2 Å². The van der Waals surface area contributed by atoms with Crippen LogP contribution in [-0.2, 0) is 14.3 Å². The first kappa shape index (κ1) is 13.5. The Morgan fingerprint density at radius 2 is 2.14 bits per heavy atom. The zero-order valence-electron chi connectivity index (χ0n) is 12.5. The van der Waals surface area contributed by atoms with Crippen LogP contribution in [0.4, 0.5) is 0 Å². The molecule has 0 N–H and O–H groups in total. The van der Waals surface area contributed by atoms with E-state index in [1.165, 1.54) is 7.11 Å². The maximum absolute atomic E-state index is 13.0. The van der Waals surface area contributed by atoms with Crippen molar-refractivity contribution in [1.29, 1.82) is 0 Å². The third kappa shape index (κ3) is 1.57. The van der Waals surface area contributed by atoms with E-state index in [1.807, 2.05) is 31.2 Å². The summed E-state index contributed by atoms with van der Waals surface area (Å²) < 4.78 is 12.4. The third-order valence-electron chi connectivity index (χ3n) is 4.95. The number of carbonyl (C=O) groups is 2. The number of esters is 1. The Kier molecular flexibility index (Phi) is 2.87. The molecule has 2 aromatic rings. The minimum Gasteiger partial charge on any atom is -0.468 e. The highest BCUT2D eigenvalue weighted by Gasteiger charge is 2.51. The second kappa shape index (κ2) is 4.68. The lowest BCUT2D eigenvalue weighted by Crippen LogP contribution is -2.42. The lowest BCUT2D eigenvalue weighted by Gasteiger charge is -2.32. The largest absolute Gasteiger partial charge is 0.468 e. The molecule has 1 aromatic heterocycles. The maximum atomic E-state index is 13.0. The summed E-state index contributed by atoms with van der Waals surface area (Å²) in [5.41, 5.74) is 2.79. The highest BCUT2D eigenvalue weighted by Crippen LogP contribution is 2.47. The lowest BCUT2D eigenvalue weighted by molar-refractivity contribution is -0.146. The lowest BCUT2D eigenvalue weighted by atomic mass is 9.81. The van der Waals surface area contributed by atoms with Crippen molar-refractivity contribution in [3.8, 4) is 0 Å². The first-order valence-corrected chi connectivity index (χ1v) is 7.48. The summed E-state index contributed by atoms with van der Waals surface area (Å²) in [6, 6.07) is 7.77. The highest BCUT2D eigenvalue weighted by atomic mass is 16.5. The van der Waals surface area contributed by atoms with Crippen LogP contribution in [0.5, 0.6) is 0 Å². The van der Waals surface area contributed by atoms with Crippen molar-refractivity contribution in [3.63, 3.8) is 0 Å². The van der Waals surface area contributed by atoms with Gasteiger partial charge in [0.2, 0.25) is 5.91 Å². The summed E-state index contributed by atoms with van der Waals surface area (Å²) in [6.07, 6.45) is 0.492. The quantitative estimate of drug-likeness (QED) is 0.599. The van der Waals surface area contributed by atoms with E-state index in [1.54, 1.807) is 4.57 Å². The zero-order valence-corrected chi connectivity index (χ0v) is 12.5. The Morgan fingerprint density at radius 1 is 1.36 bits per heavy atom. The van der Waals surface area contributed by atoms with E-state index in [-0.39, 0.29) is 17.9 Å². The molecule has 4 rings (SSSR count). The molecule has 0 radical (unpaired) electrons. The first-order valence-electron chi connectivity index (χ1n) is 7.48. The molecule has 5 heteroatoms. The number of aromatic nitrogens is 1. The fraction of sp³-hybridized carbons (Fsp3) is 0.412. The molecule has 0 aliphatic carbocycles. The second-order valence-corrected chi connectivity index (χ2v) is 5.95. The van der Waals surface area contributed by atoms with E-state index in [2.05, 4.69) is 0 Å². The van der Waals surface area contributed by atoms with Gasteiger partial charge in [-0.2, -0.15) is 0 Å².